The van der Waals surface area contributed by atoms with Crippen molar-refractivity contribution in [3.63, 3.8) is 0 Å². The van der Waals surface area contributed by atoms with E-state index in [0.717, 1.165) is 4.90 Å². The van der Waals surface area contributed by atoms with Crippen molar-refractivity contribution in [1.82, 2.24) is 9.97 Å². The standard InChI is InChI=1S/C12H12N4OS/c1-18-9-4-2-8(3-5-9)15-12(17)10-6-14-7-11(13)16-10/h2-7H,1H3,(H2,13,16)(H,15,17). The zero-order valence-electron chi connectivity index (χ0n) is 9.75. The number of nitrogen functional groups attached to an aromatic ring is 1. The van der Waals surface area contributed by atoms with Gasteiger partial charge in [-0.05, 0) is 30.5 Å². The molecule has 5 nitrogen and oxygen atoms in total. The summed E-state index contributed by atoms with van der Waals surface area (Å²) in [6.07, 6.45) is 4.77. The van der Waals surface area contributed by atoms with Crippen LogP contribution in [0.5, 0.6) is 0 Å². The molecule has 3 N–H and O–H groups in total. The van der Waals surface area contributed by atoms with Crippen LogP contribution in [0.15, 0.2) is 41.6 Å². The summed E-state index contributed by atoms with van der Waals surface area (Å²) in [6, 6.07) is 7.55. The van der Waals surface area contributed by atoms with Gasteiger partial charge in [-0.25, -0.2) is 4.98 Å². The summed E-state index contributed by atoms with van der Waals surface area (Å²) < 4.78 is 0. The Hall–Kier alpha value is -2.08. The van der Waals surface area contributed by atoms with Crippen LogP contribution in [0.1, 0.15) is 10.5 Å². The van der Waals surface area contributed by atoms with Gasteiger partial charge in [0, 0.05) is 10.6 Å². The molecule has 0 bridgehead atoms. The smallest absolute Gasteiger partial charge is 0.275 e. The van der Waals surface area contributed by atoms with E-state index in [1.807, 2.05) is 30.5 Å². The Morgan fingerprint density at radius 2 is 2.00 bits per heavy atom. The Kier molecular flexibility index (Phi) is 3.78. The quantitative estimate of drug-likeness (QED) is 0.825. The lowest BCUT2D eigenvalue weighted by atomic mass is 10.3. The molecular weight excluding hydrogens is 248 g/mol. The lowest BCUT2D eigenvalue weighted by Gasteiger charge is -2.05. The van der Waals surface area contributed by atoms with Gasteiger partial charge in [-0.1, -0.05) is 0 Å². The highest BCUT2D eigenvalue weighted by Crippen LogP contribution is 2.17. The van der Waals surface area contributed by atoms with E-state index >= 15 is 0 Å². The van der Waals surface area contributed by atoms with Crippen LogP contribution in [0.2, 0.25) is 0 Å². The average Bonchev–Trinajstić information content (AvgIpc) is 2.39. The highest BCUT2D eigenvalue weighted by molar-refractivity contribution is 7.98. The first-order valence-electron chi connectivity index (χ1n) is 5.22. The topological polar surface area (TPSA) is 80.9 Å². The third kappa shape index (κ3) is 2.98. The molecule has 2 rings (SSSR count). The Bertz CT molecular complexity index is 556. The molecule has 0 fully saturated rings. The molecule has 0 radical (unpaired) electrons. The zero-order chi connectivity index (χ0) is 13.0. The van der Waals surface area contributed by atoms with Crippen molar-refractivity contribution in [2.24, 2.45) is 0 Å². The van der Waals surface area contributed by atoms with Gasteiger partial charge in [0.05, 0.1) is 12.4 Å². The summed E-state index contributed by atoms with van der Waals surface area (Å²) in [5.74, 6) is -0.105. The van der Waals surface area contributed by atoms with E-state index in [1.165, 1.54) is 12.4 Å². The molecule has 0 atom stereocenters. The lowest BCUT2D eigenvalue weighted by molar-refractivity contribution is 0.102. The number of carbonyl (C=O) groups excluding carboxylic acids is 1. The molecule has 1 heterocycles. The summed E-state index contributed by atoms with van der Waals surface area (Å²) in [7, 11) is 0. The molecular formula is C12H12N4OS. The highest BCUT2D eigenvalue weighted by atomic mass is 32.2. The van der Waals surface area contributed by atoms with Crippen molar-refractivity contribution >= 4 is 29.2 Å². The first-order valence-corrected chi connectivity index (χ1v) is 6.44. The van der Waals surface area contributed by atoms with Gasteiger partial charge in [0.2, 0.25) is 0 Å². The predicted molar refractivity (Wildman–Crippen MR) is 72.6 cm³/mol. The van der Waals surface area contributed by atoms with E-state index in [0.29, 0.717) is 5.69 Å². The number of anilines is 2. The first-order chi connectivity index (χ1) is 8.69. The average molecular weight is 260 g/mol. The monoisotopic (exact) mass is 260 g/mol. The number of thioether (sulfide) groups is 1. The van der Waals surface area contributed by atoms with Crippen molar-refractivity contribution < 1.29 is 4.79 Å². The molecule has 2 aromatic rings. The fourth-order valence-electron chi connectivity index (χ4n) is 1.36. The van der Waals surface area contributed by atoms with Crippen LogP contribution < -0.4 is 11.1 Å². The van der Waals surface area contributed by atoms with Crippen molar-refractivity contribution in [1.29, 1.82) is 0 Å². The number of aromatic nitrogens is 2. The number of nitrogens with two attached hydrogens (primary N) is 1. The predicted octanol–water partition coefficient (Wildman–Crippen LogP) is 2.03. The fourth-order valence-corrected chi connectivity index (χ4v) is 1.77. The SMILES string of the molecule is CSc1ccc(NC(=O)c2cncc(N)n2)cc1. The minimum Gasteiger partial charge on any atom is -0.382 e. The van der Waals surface area contributed by atoms with Gasteiger partial charge >= 0.3 is 0 Å². The molecule has 18 heavy (non-hydrogen) atoms. The Morgan fingerprint density at radius 1 is 1.28 bits per heavy atom. The highest BCUT2D eigenvalue weighted by Gasteiger charge is 2.08. The Balaban J connectivity index is 2.11. The molecule has 0 aliphatic heterocycles. The summed E-state index contributed by atoms with van der Waals surface area (Å²) in [4.78, 5) is 20.7. The number of amides is 1. The van der Waals surface area contributed by atoms with E-state index < -0.39 is 0 Å². The van der Waals surface area contributed by atoms with Gasteiger partial charge in [0.15, 0.2) is 0 Å². The van der Waals surface area contributed by atoms with Gasteiger partial charge in [0.25, 0.3) is 5.91 Å². The Labute approximate surface area is 109 Å². The second-order valence-corrected chi connectivity index (χ2v) is 4.39. The lowest BCUT2D eigenvalue weighted by Crippen LogP contribution is -2.14. The number of benzene rings is 1. The van der Waals surface area contributed by atoms with Gasteiger partial charge < -0.3 is 11.1 Å². The van der Waals surface area contributed by atoms with Crippen molar-refractivity contribution in [2.75, 3.05) is 17.3 Å². The minimum absolute atomic E-state index is 0.198. The normalized spacial score (nSPS) is 10.1. The van der Waals surface area contributed by atoms with Gasteiger partial charge in [-0.3, -0.25) is 9.78 Å². The molecule has 0 saturated heterocycles. The van der Waals surface area contributed by atoms with Crippen LogP contribution in [0.3, 0.4) is 0 Å². The number of hydrogen-bond donors (Lipinski definition) is 2. The zero-order valence-corrected chi connectivity index (χ0v) is 10.6. The van der Waals surface area contributed by atoms with E-state index in [9.17, 15) is 4.79 Å². The van der Waals surface area contributed by atoms with Gasteiger partial charge in [-0.15, -0.1) is 11.8 Å². The second kappa shape index (κ2) is 5.50. The van der Waals surface area contributed by atoms with E-state index in [2.05, 4.69) is 15.3 Å². The van der Waals surface area contributed by atoms with E-state index in [-0.39, 0.29) is 17.4 Å². The third-order valence-corrected chi connectivity index (χ3v) is 2.98. The molecule has 1 aromatic carbocycles. The number of carbonyl (C=O) groups is 1. The summed E-state index contributed by atoms with van der Waals surface area (Å²) in [5.41, 5.74) is 6.38. The molecule has 0 spiro atoms. The second-order valence-electron chi connectivity index (χ2n) is 3.51. The van der Waals surface area contributed by atoms with E-state index in [4.69, 9.17) is 5.73 Å². The number of nitrogens with one attached hydrogen (secondary N) is 1. The van der Waals surface area contributed by atoms with Gasteiger partial charge in [0.1, 0.15) is 11.5 Å². The van der Waals surface area contributed by atoms with Crippen molar-refractivity contribution in [3.8, 4) is 0 Å². The molecule has 1 amide bonds. The summed E-state index contributed by atoms with van der Waals surface area (Å²) in [6.45, 7) is 0. The Morgan fingerprint density at radius 3 is 2.61 bits per heavy atom. The molecule has 92 valence electrons. The summed E-state index contributed by atoms with van der Waals surface area (Å²) >= 11 is 1.64. The van der Waals surface area contributed by atoms with Crippen LogP contribution in [0.25, 0.3) is 0 Å². The molecule has 0 aliphatic carbocycles. The number of rotatable bonds is 3. The van der Waals surface area contributed by atoms with E-state index in [1.54, 1.807) is 11.8 Å². The van der Waals surface area contributed by atoms with Crippen LogP contribution in [0, 0.1) is 0 Å². The molecule has 1 aromatic heterocycles. The summed E-state index contributed by atoms with van der Waals surface area (Å²) in [5, 5.41) is 2.73. The number of nitrogens with zero attached hydrogens (tertiary/aromatic N) is 2. The maximum absolute atomic E-state index is 11.8. The minimum atomic E-state index is -0.327. The molecule has 0 unspecified atom stereocenters. The first kappa shape index (κ1) is 12.4. The van der Waals surface area contributed by atoms with Crippen LogP contribution in [-0.4, -0.2) is 22.1 Å². The third-order valence-electron chi connectivity index (χ3n) is 2.23. The van der Waals surface area contributed by atoms with Gasteiger partial charge in [-0.2, -0.15) is 0 Å². The van der Waals surface area contributed by atoms with Crippen molar-refractivity contribution in [2.45, 2.75) is 4.90 Å². The van der Waals surface area contributed by atoms with Crippen LogP contribution in [0.4, 0.5) is 11.5 Å². The maximum atomic E-state index is 11.8. The van der Waals surface area contributed by atoms with Crippen LogP contribution in [-0.2, 0) is 0 Å². The largest absolute Gasteiger partial charge is 0.382 e. The fraction of sp³-hybridized carbons (Fsp3) is 0.0833. The maximum Gasteiger partial charge on any atom is 0.275 e. The molecule has 0 aliphatic rings. The molecule has 6 heteroatoms. The van der Waals surface area contributed by atoms with Crippen molar-refractivity contribution in [3.05, 3.63) is 42.4 Å². The number of hydrogen-bond acceptors (Lipinski definition) is 5. The van der Waals surface area contributed by atoms with Crippen LogP contribution >= 0.6 is 11.8 Å². The molecule has 0 saturated carbocycles.